The molecule has 0 unspecified atom stereocenters. The summed E-state index contributed by atoms with van der Waals surface area (Å²) < 4.78 is 29.0. The number of halogens is 1. The summed E-state index contributed by atoms with van der Waals surface area (Å²) >= 11 is 6.03. The molecule has 0 heterocycles. The maximum atomic E-state index is 14.3. The topological polar surface area (TPSA) is 86.8 Å². The van der Waals surface area contributed by atoms with E-state index >= 15 is 0 Å². The lowest BCUT2D eigenvalue weighted by atomic mass is 10.0. The number of nitrogens with zero attached hydrogens (tertiary/aromatic N) is 2. The third kappa shape index (κ3) is 7.57. The van der Waals surface area contributed by atoms with Crippen molar-refractivity contribution in [3.05, 3.63) is 130 Å². The van der Waals surface area contributed by atoms with Gasteiger partial charge in [-0.3, -0.25) is 13.9 Å². The molecule has 0 spiro atoms. The molecule has 42 heavy (non-hydrogen) atoms. The van der Waals surface area contributed by atoms with Gasteiger partial charge in [0, 0.05) is 25.0 Å². The summed E-state index contributed by atoms with van der Waals surface area (Å²) in [4.78, 5) is 29.1. The number of rotatable bonds is 11. The van der Waals surface area contributed by atoms with Crippen LogP contribution >= 0.6 is 11.6 Å². The van der Waals surface area contributed by atoms with E-state index in [2.05, 4.69) is 5.32 Å². The molecule has 7 nitrogen and oxygen atoms in total. The van der Waals surface area contributed by atoms with Crippen LogP contribution in [-0.2, 0) is 32.6 Å². The number of likely N-dealkylation sites (N-methyl/N-ethyl adjacent to an activating group) is 1. The standard InChI is InChI=1S/C33H34ClN3O4S/c1-24-12-16-29(17-13-24)37(42(40,41)30-18-14-28(34)15-19-30)23-32(38)36(22-27-11-7-8-25(2)20-27)31(33(39)35-3)21-26-9-5-4-6-10-26/h4-20,31H,21-23H2,1-3H3,(H,35,39)/t31-/m1/s1. The minimum absolute atomic E-state index is 0.00218. The first-order chi connectivity index (χ1) is 20.1. The Morgan fingerprint density at radius 3 is 2.07 bits per heavy atom. The van der Waals surface area contributed by atoms with E-state index in [0.29, 0.717) is 10.7 Å². The largest absolute Gasteiger partial charge is 0.357 e. The molecule has 1 atom stereocenters. The van der Waals surface area contributed by atoms with Crippen LogP contribution in [0.25, 0.3) is 0 Å². The van der Waals surface area contributed by atoms with Crippen LogP contribution in [0.15, 0.2) is 108 Å². The fraction of sp³-hybridized carbons (Fsp3) is 0.212. The molecule has 2 amide bonds. The van der Waals surface area contributed by atoms with E-state index in [4.69, 9.17) is 11.6 Å². The summed E-state index contributed by atoms with van der Waals surface area (Å²) in [6, 6.07) is 29.0. The summed E-state index contributed by atoms with van der Waals surface area (Å²) in [5.74, 6) is -0.860. The number of carbonyl (C=O) groups is 2. The van der Waals surface area contributed by atoms with Crippen LogP contribution in [0, 0.1) is 13.8 Å². The Morgan fingerprint density at radius 1 is 0.810 bits per heavy atom. The molecular weight excluding hydrogens is 570 g/mol. The fourth-order valence-corrected chi connectivity index (χ4v) is 6.24. The molecule has 0 bridgehead atoms. The average Bonchev–Trinajstić information content (AvgIpc) is 2.98. The van der Waals surface area contributed by atoms with Gasteiger partial charge in [0.05, 0.1) is 10.6 Å². The van der Waals surface area contributed by atoms with E-state index in [1.165, 1.54) is 36.2 Å². The van der Waals surface area contributed by atoms with Crippen LogP contribution in [-0.4, -0.2) is 44.8 Å². The molecule has 0 aromatic heterocycles. The summed E-state index contributed by atoms with van der Waals surface area (Å²) in [5.41, 5.74) is 3.98. The predicted octanol–water partition coefficient (Wildman–Crippen LogP) is 5.54. The van der Waals surface area contributed by atoms with Gasteiger partial charge in [-0.15, -0.1) is 0 Å². The van der Waals surface area contributed by atoms with Gasteiger partial charge in [-0.25, -0.2) is 8.42 Å². The number of hydrogen-bond donors (Lipinski definition) is 1. The Morgan fingerprint density at radius 2 is 1.45 bits per heavy atom. The lowest BCUT2D eigenvalue weighted by Gasteiger charge is -2.33. The molecular formula is C33H34ClN3O4S. The zero-order valence-electron chi connectivity index (χ0n) is 23.8. The number of hydrogen-bond acceptors (Lipinski definition) is 4. The van der Waals surface area contributed by atoms with Crippen LogP contribution < -0.4 is 9.62 Å². The van der Waals surface area contributed by atoms with Crippen molar-refractivity contribution in [2.24, 2.45) is 0 Å². The first-order valence-electron chi connectivity index (χ1n) is 13.5. The second-order valence-electron chi connectivity index (χ2n) is 10.1. The maximum absolute atomic E-state index is 14.3. The zero-order valence-corrected chi connectivity index (χ0v) is 25.4. The second kappa shape index (κ2) is 13.7. The maximum Gasteiger partial charge on any atom is 0.264 e. The highest BCUT2D eigenvalue weighted by molar-refractivity contribution is 7.92. The molecule has 218 valence electrons. The molecule has 1 N–H and O–H groups in total. The van der Waals surface area contributed by atoms with E-state index in [1.807, 2.05) is 68.4 Å². The van der Waals surface area contributed by atoms with Crippen LogP contribution in [0.1, 0.15) is 22.3 Å². The van der Waals surface area contributed by atoms with Crippen LogP contribution in [0.4, 0.5) is 5.69 Å². The number of anilines is 1. The molecule has 0 saturated heterocycles. The van der Waals surface area contributed by atoms with E-state index < -0.39 is 28.5 Å². The van der Waals surface area contributed by atoms with Crippen molar-refractivity contribution in [3.8, 4) is 0 Å². The van der Waals surface area contributed by atoms with Crippen molar-refractivity contribution >= 4 is 39.1 Å². The monoisotopic (exact) mass is 603 g/mol. The fourth-order valence-electron chi connectivity index (χ4n) is 4.70. The van der Waals surface area contributed by atoms with Gasteiger partial charge < -0.3 is 10.2 Å². The van der Waals surface area contributed by atoms with Gasteiger partial charge in [-0.05, 0) is 61.4 Å². The van der Waals surface area contributed by atoms with Gasteiger partial charge in [0.2, 0.25) is 11.8 Å². The molecule has 9 heteroatoms. The summed E-state index contributed by atoms with van der Waals surface area (Å²) in [7, 11) is -2.65. The minimum atomic E-state index is -4.18. The van der Waals surface area contributed by atoms with E-state index in [0.717, 1.165) is 26.6 Å². The normalized spacial score (nSPS) is 11.9. The lowest BCUT2D eigenvalue weighted by Crippen LogP contribution is -2.53. The third-order valence-electron chi connectivity index (χ3n) is 6.96. The van der Waals surface area contributed by atoms with Crippen molar-refractivity contribution in [2.75, 3.05) is 17.9 Å². The highest BCUT2D eigenvalue weighted by Crippen LogP contribution is 2.26. The van der Waals surface area contributed by atoms with Crippen LogP contribution in [0.2, 0.25) is 5.02 Å². The summed E-state index contributed by atoms with van der Waals surface area (Å²) in [6.45, 7) is 3.46. The second-order valence-corrected chi connectivity index (χ2v) is 12.4. The Balaban J connectivity index is 1.78. The zero-order chi connectivity index (χ0) is 30.3. The number of amides is 2. The van der Waals surface area contributed by atoms with Crippen molar-refractivity contribution < 1.29 is 18.0 Å². The third-order valence-corrected chi connectivity index (χ3v) is 9.00. The van der Waals surface area contributed by atoms with Gasteiger partial charge in [0.1, 0.15) is 12.6 Å². The van der Waals surface area contributed by atoms with Crippen molar-refractivity contribution in [2.45, 2.75) is 37.8 Å². The molecule has 0 aliphatic rings. The Hall–Kier alpha value is -4.14. The Labute approximate surface area is 252 Å². The molecule has 0 aliphatic heterocycles. The number of nitrogens with one attached hydrogen (secondary N) is 1. The van der Waals surface area contributed by atoms with E-state index in [9.17, 15) is 18.0 Å². The molecule has 0 radical (unpaired) electrons. The average molecular weight is 604 g/mol. The minimum Gasteiger partial charge on any atom is -0.357 e. The Kier molecular flexibility index (Phi) is 10.0. The SMILES string of the molecule is CNC(=O)[C@@H](Cc1ccccc1)N(Cc1cccc(C)c1)C(=O)CN(c1ccc(C)cc1)S(=O)(=O)c1ccc(Cl)cc1. The van der Waals surface area contributed by atoms with Gasteiger partial charge in [-0.1, -0.05) is 89.5 Å². The highest BCUT2D eigenvalue weighted by Gasteiger charge is 2.34. The van der Waals surface area contributed by atoms with Crippen molar-refractivity contribution in [1.82, 2.24) is 10.2 Å². The molecule has 0 aliphatic carbocycles. The van der Waals surface area contributed by atoms with Gasteiger partial charge in [0.25, 0.3) is 10.0 Å². The predicted molar refractivity (Wildman–Crippen MR) is 167 cm³/mol. The first kappa shape index (κ1) is 30.8. The lowest BCUT2D eigenvalue weighted by molar-refractivity contribution is -0.139. The van der Waals surface area contributed by atoms with Gasteiger partial charge in [0.15, 0.2) is 0 Å². The number of sulfonamides is 1. The molecule has 0 fully saturated rings. The van der Waals surface area contributed by atoms with Gasteiger partial charge in [-0.2, -0.15) is 0 Å². The van der Waals surface area contributed by atoms with Crippen LogP contribution in [0.5, 0.6) is 0 Å². The van der Waals surface area contributed by atoms with E-state index in [-0.39, 0.29) is 23.8 Å². The molecule has 4 aromatic rings. The highest BCUT2D eigenvalue weighted by atomic mass is 35.5. The number of aryl methyl sites for hydroxylation is 2. The smallest absolute Gasteiger partial charge is 0.264 e. The summed E-state index contributed by atoms with van der Waals surface area (Å²) in [6.07, 6.45) is 0.256. The van der Waals surface area contributed by atoms with Gasteiger partial charge >= 0.3 is 0 Å². The van der Waals surface area contributed by atoms with E-state index in [1.54, 1.807) is 24.3 Å². The first-order valence-corrected chi connectivity index (χ1v) is 15.4. The quantitative estimate of drug-likeness (QED) is 0.244. The summed E-state index contributed by atoms with van der Waals surface area (Å²) in [5, 5.41) is 3.09. The molecule has 0 saturated carbocycles. The number of carbonyl (C=O) groups excluding carboxylic acids is 2. The van der Waals surface area contributed by atoms with Crippen molar-refractivity contribution in [1.29, 1.82) is 0 Å². The Bertz CT molecular complexity index is 1630. The molecule has 4 aromatic carbocycles. The number of benzene rings is 4. The molecule has 4 rings (SSSR count). The van der Waals surface area contributed by atoms with Crippen molar-refractivity contribution in [3.63, 3.8) is 0 Å². The van der Waals surface area contributed by atoms with Crippen LogP contribution in [0.3, 0.4) is 0 Å².